The number of amides is 2. The average molecular weight is 364 g/mol. The standard InChI is InChI=1S/C12H12BrClN2O4/c13-8-2-1-7(5-9(8)14)15-12(19)16-3-4-20-6-10(16)11(17)18/h1-2,5,10H,3-4,6H2,(H,15,19)(H,17,18). The number of rotatable bonds is 2. The van der Waals surface area contributed by atoms with Gasteiger partial charge in [-0.3, -0.25) is 0 Å². The Balaban J connectivity index is 2.09. The molecule has 0 saturated carbocycles. The number of nitrogens with one attached hydrogen (secondary N) is 1. The summed E-state index contributed by atoms with van der Waals surface area (Å²) in [6.07, 6.45) is 0. The van der Waals surface area contributed by atoms with Crippen molar-refractivity contribution in [3.8, 4) is 0 Å². The zero-order valence-electron chi connectivity index (χ0n) is 10.3. The molecular weight excluding hydrogens is 351 g/mol. The molecule has 108 valence electrons. The highest BCUT2D eigenvalue weighted by Gasteiger charge is 2.32. The molecule has 1 heterocycles. The quantitative estimate of drug-likeness (QED) is 0.846. The Morgan fingerprint density at radius 3 is 2.90 bits per heavy atom. The van der Waals surface area contributed by atoms with Crippen LogP contribution < -0.4 is 5.32 Å². The molecule has 2 N–H and O–H groups in total. The summed E-state index contributed by atoms with van der Waals surface area (Å²) in [5, 5.41) is 12.2. The van der Waals surface area contributed by atoms with Gasteiger partial charge in [-0.15, -0.1) is 0 Å². The number of hydrogen-bond donors (Lipinski definition) is 2. The lowest BCUT2D eigenvalue weighted by atomic mass is 10.2. The highest BCUT2D eigenvalue weighted by molar-refractivity contribution is 9.10. The van der Waals surface area contributed by atoms with Crippen molar-refractivity contribution in [1.82, 2.24) is 4.90 Å². The van der Waals surface area contributed by atoms with E-state index in [0.717, 1.165) is 0 Å². The van der Waals surface area contributed by atoms with Gasteiger partial charge in [-0.25, -0.2) is 9.59 Å². The summed E-state index contributed by atoms with van der Waals surface area (Å²) in [4.78, 5) is 24.4. The van der Waals surface area contributed by atoms with Gasteiger partial charge in [0.2, 0.25) is 0 Å². The normalized spacial score (nSPS) is 18.7. The van der Waals surface area contributed by atoms with E-state index in [9.17, 15) is 9.59 Å². The van der Waals surface area contributed by atoms with E-state index in [1.807, 2.05) is 0 Å². The Morgan fingerprint density at radius 2 is 2.25 bits per heavy atom. The van der Waals surface area contributed by atoms with Crippen LogP contribution in [0.1, 0.15) is 0 Å². The fraction of sp³-hybridized carbons (Fsp3) is 0.333. The summed E-state index contributed by atoms with van der Waals surface area (Å²) >= 11 is 9.19. The van der Waals surface area contributed by atoms with Gasteiger partial charge in [0.25, 0.3) is 0 Å². The van der Waals surface area contributed by atoms with Crippen LogP contribution in [0.15, 0.2) is 22.7 Å². The van der Waals surface area contributed by atoms with Gasteiger partial charge in [-0.05, 0) is 34.1 Å². The number of carbonyl (C=O) groups is 2. The summed E-state index contributed by atoms with van der Waals surface area (Å²) in [7, 11) is 0. The minimum atomic E-state index is -1.09. The lowest BCUT2D eigenvalue weighted by molar-refractivity contribution is -0.147. The van der Waals surface area contributed by atoms with E-state index in [1.54, 1.807) is 18.2 Å². The van der Waals surface area contributed by atoms with E-state index >= 15 is 0 Å². The predicted octanol–water partition coefficient (Wildman–Crippen LogP) is 2.42. The van der Waals surface area contributed by atoms with E-state index in [-0.39, 0.29) is 13.2 Å². The molecule has 1 aliphatic rings. The molecule has 1 atom stereocenters. The number of anilines is 1. The zero-order chi connectivity index (χ0) is 14.7. The second kappa shape index (κ2) is 6.43. The van der Waals surface area contributed by atoms with Gasteiger partial charge in [0.1, 0.15) is 0 Å². The molecule has 0 spiro atoms. The van der Waals surface area contributed by atoms with Crippen molar-refractivity contribution < 1.29 is 19.4 Å². The van der Waals surface area contributed by atoms with Crippen LogP contribution in [0.25, 0.3) is 0 Å². The molecule has 1 saturated heterocycles. The van der Waals surface area contributed by atoms with Crippen LogP contribution in [0.2, 0.25) is 5.02 Å². The number of nitrogens with zero attached hydrogens (tertiary/aromatic N) is 1. The van der Waals surface area contributed by atoms with E-state index in [4.69, 9.17) is 21.4 Å². The Morgan fingerprint density at radius 1 is 1.50 bits per heavy atom. The number of carboxylic acid groups (broad SMARTS) is 1. The lowest BCUT2D eigenvalue weighted by Gasteiger charge is -2.32. The molecule has 1 aliphatic heterocycles. The second-order valence-corrected chi connectivity index (χ2v) is 5.44. The van der Waals surface area contributed by atoms with Crippen molar-refractivity contribution in [3.05, 3.63) is 27.7 Å². The van der Waals surface area contributed by atoms with Crippen LogP contribution in [-0.2, 0) is 9.53 Å². The predicted molar refractivity (Wildman–Crippen MR) is 77.1 cm³/mol. The van der Waals surface area contributed by atoms with Gasteiger partial charge in [-0.2, -0.15) is 0 Å². The van der Waals surface area contributed by atoms with Gasteiger partial charge in [-0.1, -0.05) is 11.6 Å². The Kier molecular flexibility index (Phi) is 4.85. The van der Waals surface area contributed by atoms with Gasteiger partial charge < -0.3 is 20.1 Å². The van der Waals surface area contributed by atoms with Gasteiger partial charge >= 0.3 is 12.0 Å². The smallest absolute Gasteiger partial charge is 0.328 e. The number of halogens is 2. The Bertz CT molecular complexity index is 540. The number of carboxylic acids is 1. The second-order valence-electron chi connectivity index (χ2n) is 4.18. The highest BCUT2D eigenvalue weighted by atomic mass is 79.9. The molecule has 0 aliphatic carbocycles. The zero-order valence-corrected chi connectivity index (χ0v) is 12.6. The molecule has 1 aromatic rings. The summed E-state index contributed by atoms with van der Waals surface area (Å²) in [5.41, 5.74) is 0.499. The number of aliphatic carboxylic acids is 1. The SMILES string of the molecule is O=C(O)C1COCCN1C(=O)Nc1ccc(Br)c(Cl)c1. The van der Waals surface area contributed by atoms with E-state index in [1.165, 1.54) is 4.90 Å². The molecule has 2 amide bonds. The van der Waals surface area contributed by atoms with Crippen LogP contribution in [0, 0.1) is 0 Å². The highest BCUT2D eigenvalue weighted by Crippen LogP contribution is 2.25. The van der Waals surface area contributed by atoms with Gasteiger partial charge in [0.15, 0.2) is 6.04 Å². The topological polar surface area (TPSA) is 78.9 Å². The van der Waals surface area contributed by atoms with Crippen LogP contribution in [0.3, 0.4) is 0 Å². The molecule has 0 radical (unpaired) electrons. The third kappa shape index (κ3) is 3.41. The fourth-order valence-electron chi connectivity index (χ4n) is 1.82. The number of urea groups is 1. The van der Waals surface area contributed by atoms with Crippen LogP contribution >= 0.6 is 27.5 Å². The third-order valence-electron chi connectivity index (χ3n) is 2.85. The van der Waals surface area contributed by atoms with Crippen molar-refractivity contribution in [2.75, 3.05) is 25.1 Å². The average Bonchev–Trinajstić information content (AvgIpc) is 2.43. The first-order valence-electron chi connectivity index (χ1n) is 5.82. The molecule has 0 bridgehead atoms. The number of morpholine rings is 1. The van der Waals surface area contributed by atoms with Crippen LogP contribution in [-0.4, -0.2) is 47.8 Å². The minimum absolute atomic E-state index is 0.0101. The van der Waals surface area contributed by atoms with Crippen LogP contribution in [0.5, 0.6) is 0 Å². The van der Waals surface area contributed by atoms with Crippen molar-refractivity contribution in [1.29, 1.82) is 0 Å². The first kappa shape index (κ1) is 15.1. The van der Waals surface area contributed by atoms with Crippen molar-refractivity contribution in [3.63, 3.8) is 0 Å². The molecule has 1 fully saturated rings. The molecular formula is C12H12BrClN2O4. The summed E-state index contributed by atoms with van der Waals surface area (Å²) in [5.74, 6) is -1.09. The number of carbonyl (C=O) groups excluding carboxylic acids is 1. The van der Waals surface area contributed by atoms with Crippen LogP contribution in [0.4, 0.5) is 10.5 Å². The molecule has 6 nitrogen and oxygen atoms in total. The minimum Gasteiger partial charge on any atom is -0.480 e. The molecule has 20 heavy (non-hydrogen) atoms. The number of ether oxygens (including phenoxy) is 1. The molecule has 1 aromatic carbocycles. The van der Waals surface area contributed by atoms with Crippen molar-refractivity contribution in [2.24, 2.45) is 0 Å². The fourth-order valence-corrected chi connectivity index (χ4v) is 2.25. The number of hydrogen-bond acceptors (Lipinski definition) is 3. The monoisotopic (exact) mass is 362 g/mol. The largest absolute Gasteiger partial charge is 0.480 e. The third-order valence-corrected chi connectivity index (χ3v) is 4.08. The Labute approximate surface area is 128 Å². The molecule has 0 aromatic heterocycles. The number of benzene rings is 1. The summed E-state index contributed by atoms with van der Waals surface area (Å²) in [6.45, 7) is 0.537. The maximum absolute atomic E-state index is 12.1. The van der Waals surface area contributed by atoms with Gasteiger partial charge in [0, 0.05) is 16.7 Å². The van der Waals surface area contributed by atoms with E-state index in [0.29, 0.717) is 21.8 Å². The van der Waals surface area contributed by atoms with E-state index in [2.05, 4.69) is 21.2 Å². The van der Waals surface area contributed by atoms with E-state index < -0.39 is 18.0 Å². The first-order chi connectivity index (χ1) is 9.49. The first-order valence-corrected chi connectivity index (χ1v) is 6.99. The maximum Gasteiger partial charge on any atom is 0.328 e. The molecule has 1 unspecified atom stereocenters. The maximum atomic E-state index is 12.1. The molecule has 2 rings (SSSR count). The van der Waals surface area contributed by atoms with Crippen molar-refractivity contribution >= 4 is 45.2 Å². The summed E-state index contributed by atoms with van der Waals surface area (Å²) in [6, 6.07) is 3.49. The van der Waals surface area contributed by atoms with Crippen molar-refractivity contribution in [2.45, 2.75) is 6.04 Å². The Hall–Kier alpha value is -1.31. The lowest BCUT2D eigenvalue weighted by Crippen LogP contribution is -2.53. The molecule has 8 heteroatoms. The van der Waals surface area contributed by atoms with Gasteiger partial charge in [0.05, 0.1) is 18.2 Å². The summed E-state index contributed by atoms with van der Waals surface area (Å²) < 4.78 is 5.79.